The molecule has 0 aromatic carbocycles. The first-order valence-corrected chi connectivity index (χ1v) is 7.25. The van der Waals surface area contributed by atoms with Gasteiger partial charge >= 0.3 is 46.2 Å². The average Bonchev–Trinajstić information content (AvgIpc) is 2.51. The monoisotopic (exact) mass is 492 g/mol. The van der Waals surface area contributed by atoms with Gasteiger partial charge in [0.25, 0.3) is 0 Å². The van der Waals surface area contributed by atoms with Crippen molar-refractivity contribution < 1.29 is 74.6 Å². The molecule has 0 bridgehead atoms. The number of hydrogen-bond acceptors (Lipinski definition) is 1. The third-order valence-electron chi connectivity index (χ3n) is 3.13. The second-order valence-corrected chi connectivity index (χ2v) is 6.30. The van der Waals surface area contributed by atoms with E-state index < -0.39 is 70.2 Å². The van der Waals surface area contributed by atoms with Gasteiger partial charge < -0.3 is 0 Å². The van der Waals surface area contributed by atoms with E-state index in [4.69, 9.17) is 0 Å². The smallest absolute Gasteiger partial charge is 0.200 e. The van der Waals surface area contributed by atoms with Gasteiger partial charge in [0.1, 0.15) is 0 Å². The predicted octanol–water partition coefficient (Wildman–Crippen LogP) is 7.57. The van der Waals surface area contributed by atoms with E-state index in [2.05, 4.69) is 0 Å². The van der Waals surface area contributed by atoms with Crippen LogP contribution in [0.25, 0.3) is 0 Å². The molecule has 0 aromatic heterocycles. The van der Waals surface area contributed by atoms with Crippen molar-refractivity contribution in [2.45, 2.75) is 53.5 Å². The van der Waals surface area contributed by atoms with Crippen LogP contribution in [0.5, 0.6) is 0 Å². The molecule has 0 atom stereocenters. The van der Waals surface area contributed by atoms with Gasteiger partial charge in [-0.15, -0.1) is 0 Å². The van der Waals surface area contributed by atoms with E-state index in [1.165, 1.54) is 0 Å². The highest BCUT2D eigenvalue weighted by molar-refractivity contribution is 8.01. The van der Waals surface area contributed by atoms with Crippen LogP contribution in [0, 0.1) is 0 Å². The molecular formula is C11H5F17S. The number of alkyl halides is 14. The Kier molecular flexibility index (Phi) is 7.26. The zero-order valence-corrected chi connectivity index (χ0v) is 13.9. The Morgan fingerprint density at radius 3 is 1.24 bits per heavy atom. The number of rotatable bonds is 9. The van der Waals surface area contributed by atoms with Gasteiger partial charge in [-0.3, -0.25) is 0 Å². The first kappa shape index (κ1) is 27.9. The summed E-state index contributed by atoms with van der Waals surface area (Å²) in [7, 11) is 0. The molecule has 0 unspecified atom stereocenters. The summed E-state index contributed by atoms with van der Waals surface area (Å²) in [6.07, 6.45) is -6.49. The molecule has 0 aliphatic carbocycles. The van der Waals surface area contributed by atoms with E-state index in [9.17, 15) is 74.6 Å². The second-order valence-electron chi connectivity index (χ2n) is 5.07. The van der Waals surface area contributed by atoms with Crippen LogP contribution in [-0.2, 0) is 0 Å². The first-order chi connectivity index (χ1) is 12.4. The highest BCUT2D eigenvalue weighted by atomic mass is 32.2. The first-order valence-electron chi connectivity index (χ1n) is 6.43. The van der Waals surface area contributed by atoms with Crippen LogP contribution in [-0.4, -0.2) is 40.1 Å². The molecule has 0 N–H and O–H groups in total. The summed E-state index contributed by atoms with van der Waals surface area (Å²) in [5.41, 5.74) is 0. The number of halogens is 17. The molecule has 0 aromatic rings. The maximum atomic E-state index is 13.3. The molecule has 174 valence electrons. The van der Waals surface area contributed by atoms with Gasteiger partial charge in [-0.05, 0) is 0 Å². The Bertz CT molecular complexity index is 629. The Labute approximate surface area is 153 Å². The molecule has 0 aliphatic rings. The number of hydrogen-bond donors (Lipinski definition) is 0. The van der Waals surface area contributed by atoms with Crippen molar-refractivity contribution in [2.24, 2.45) is 0 Å². The van der Waals surface area contributed by atoms with Gasteiger partial charge in [-0.1, -0.05) is 6.92 Å². The lowest BCUT2D eigenvalue weighted by atomic mass is 9.93. The van der Waals surface area contributed by atoms with Gasteiger partial charge in [-0.2, -0.15) is 74.6 Å². The van der Waals surface area contributed by atoms with Crippen LogP contribution in [0.2, 0.25) is 0 Å². The van der Waals surface area contributed by atoms with Crippen LogP contribution in [0.3, 0.4) is 0 Å². The minimum Gasteiger partial charge on any atom is -0.200 e. The van der Waals surface area contributed by atoms with Crippen molar-refractivity contribution in [2.75, 3.05) is 0 Å². The van der Waals surface area contributed by atoms with Crippen molar-refractivity contribution in [3.63, 3.8) is 0 Å². The average molecular weight is 492 g/mol. The van der Waals surface area contributed by atoms with Gasteiger partial charge in [-0.25, -0.2) is 0 Å². The van der Waals surface area contributed by atoms with Crippen LogP contribution in [0.1, 0.15) is 13.3 Å². The zero-order chi connectivity index (χ0) is 24.1. The van der Waals surface area contributed by atoms with Crippen LogP contribution >= 0.6 is 11.8 Å². The largest absolute Gasteiger partial charge is 0.388 e. The fraction of sp³-hybridized carbons (Fsp3) is 0.818. The standard InChI is InChI=1S/C11H5F17S/c1-2-5(15,16)7(19,20)8(21,22)9(23,24)10(25,26)11(27,28)29-6(17,18)3(12)4(13)14/h2H2,1H3. The molecule has 0 fully saturated rings. The van der Waals surface area contributed by atoms with E-state index in [0.717, 1.165) is 0 Å². The highest BCUT2D eigenvalue weighted by Gasteiger charge is 2.90. The summed E-state index contributed by atoms with van der Waals surface area (Å²) >= 11 is -3.36. The maximum absolute atomic E-state index is 13.3. The summed E-state index contributed by atoms with van der Waals surface area (Å²) in [5.74, 6) is -41.9. The van der Waals surface area contributed by atoms with E-state index in [-0.39, 0.29) is 6.92 Å². The Morgan fingerprint density at radius 1 is 0.586 bits per heavy atom. The van der Waals surface area contributed by atoms with Gasteiger partial charge in [0, 0.05) is 18.2 Å². The predicted molar refractivity (Wildman–Crippen MR) is 62.9 cm³/mol. The van der Waals surface area contributed by atoms with Crippen molar-refractivity contribution in [3.05, 3.63) is 11.9 Å². The molecule has 0 saturated carbocycles. The van der Waals surface area contributed by atoms with Gasteiger partial charge in [0.05, 0.1) is 0 Å². The lowest BCUT2D eigenvalue weighted by molar-refractivity contribution is -0.416. The van der Waals surface area contributed by atoms with Gasteiger partial charge in [0.15, 0.2) is 0 Å². The Morgan fingerprint density at radius 2 is 0.931 bits per heavy atom. The minimum absolute atomic E-state index is 0.00803. The Balaban J connectivity index is 6.43. The van der Waals surface area contributed by atoms with Crippen LogP contribution < -0.4 is 0 Å². The zero-order valence-electron chi connectivity index (χ0n) is 13.0. The lowest BCUT2D eigenvalue weighted by Gasteiger charge is -2.41. The third kappa shape index (κ3) is 4.22. The normalized spacial score (nSPS) is 15.5. The third-order valence-corrected chi connectivity index (χ3v) is 4.08. The molecule has 0 nitrogen and oxygen atoms in total. The molecule has 18 heteroatoms. The highest BCUT2D eigenvalue weighted by Crippen LogP contribution is 2.64. The fourth-order valence-corrected chi connectivity index (χ4v) is 2.15. The quantitative estimate of drug-likeness (QED) is 0.299. The topological polar surface area (TPSA) is 0 Å². The molecule has 0 saturated heterocycles. The van der Waals surface area contributed by atoms with Crippen LogP contribution in [0.4, 0.5) is 74.6 Å². The number of thioether (sulfide) groups is 1. The summed E-state index contributed by atoms with van der Waals surface area (Å²) < 4.78 is 219. The van der Waals surface area contributed by atoms with E-state index in [0.29, 0.717) is 0 Å². The fourth-order valence-electron chi connectivity index (χ4n) is 1.41. The molecule has 0 heterocycles. The second kappa shape index (κ2) is 7.55. The van der Waals surface area contributed by atoms with E-state index in [1.807, 2.05) is 0 Å². The van der Waals surface area contributed by atoms with Gasteiger partial charge in [0.2, 0.25) is 5.83 Å². The SMILES string of the molecule is CCC(F)(F)C(F)(F)C(F)(F)C(F)(F)C(F)(F)C(F)(F)SC(F)(F)C(F)=C(F)F. The van der Waals surface area contributed by atoms with Crippen molar-refractivity contribution in [3.8, 4) is 0 Å². The maximum Gasteiger partial charge on any atom is 0.388 e. The molecule has 0 aliphatic heterocycles. The van der Waals surface area contributed by atoms with Crippen molar-refractivity contribution in [1.82, 2.24) is 0 Å². The minimum atomic E-state index is -8.16. The summed E-state index contributed by atoms with van der Waals surface area (Å²) in [6.45, 7) is -0.00803. The molecular weight excluding hydrogens is 487 g/mol. The summed E-state index contributed by atoms with van der Waals surface area (Å²) in [5, 5.41) is -13.8. The summed E-state index contributed by atoms with van der Waals surface area (Å²) in [6, 6.07) is 0. The molecule has 0 amide bonds. The van der Waals surface area contributed by atoms with E-state index in [1.54, 1.807) is 0 Å². The van der Waals surface area contributed by atoms with Crippen molar-refractivity contribution >= 4 is 11.8 Å². The molecule has 29 heavy (non-hydrogen) atoms. The Hall–Kier alpha value is -1.10. The van der Waals surface area contributed by atoms with Crippen LogP contribution in [0.15, 0.2) is 11.9 Å². The molecule has 0 radical (unpaired) electrons. The molecule has 0 spiro atoms. The molecule has 0 rings (SSSR count). The van der Waals surface area contributed by atoms with E-state index >= 15 is 0 Å². The summed E-state index contributed by atoms with van der Waals surface area (Å²) in [4.78, 5) is 0. The van der Waals surface area contributed by atoms with Crippen molar-refractivity contribution in [1.29, 1.82) is 0 Å². The lowest BCUT2D eigenvalue weighted by Crippen LogP contribution is -2.70.